The van der Waals surface area contributed by atoms with Gasteiger partial charge in [0.05, 0.1) is 6.61 Å². The smallest absolute Gasteiger partial charge is 0.127 e. The molecular formula is C21H24FNO5. The maximum absolute atomic E-state index is 14.4. The summed E-state index contributed by atoms with van der Waals surface area (Å²) in [5.74, 6) is -0.357. The maximum atomic E-state index is 14.4. The van der Waals surface area contributed by atoms with E-state index < -0.39 is 37.1 Å². The van der Waals surface area contributed by atoms with Gasteiger partial charge in [0, 0.05) is 25.2 Å². The summed E-state index contributed by atoms with van der Waals surface area (Å²) in [6.07, 6.45) is -6.22. The predicted molar refractivity (Wildman–Crippen MR) is 98.5 cm³/mol. The molecule has 0 saturated carbocycles. The van der Waals surface area contributed by atoms with Crippen LogP contribution in [0.25, 0.3) is 0 Å². The second kappa shape index (κ2) is 7.87. The van der Waals surface area contributed by atoms with Gasteiger partial charge in [0.25, 0.3) is 0 Å². The van der Waals surface area contributed by atoms with Crippen LogP contribution < -0.4 is 0 Å². The summed E-state index contributed by atoms with van der Waals surface area (Å²) in [7, 11) is 0. The second-order valence-electron chi connectivity index (χ2n) is 7.51. The van der Waals surface area contributed by atoms with E-state index in [1.807, 2.05) is 12.1 Å². The van der Waals surface area contributed by atoms with Gasteiger partial charge in [0.15, 0.2) is 0 Å². The topological polar surface area (TPSA) is 93.4 Å². The molecule has 150 valence electrons. The van der Waals surface area contributed by atoms with Gasteiger partial charge in [-0.2, -0.15) is 0 Å². The van der Waals surface area contributed by atoms with E-state index in [-0.39, 0.29) is 5.82 Å². The van der Waals surface area contributed by atoms with Crippen molar-refractivity contribution < 1.29 is 29.6 Å². The molecule has 0 spiro atoms. The predicted octanol–water partition coefficient (Wildman–Crippen LogP) is 0.856. The van der Waals surface area contributed by atoms with Crippen molar-refractivity contribution in [2.75, 3.05) is 6.61 Å². The van der Waals surface area contributed by atoms with Gasteiger partial charge in [0.2, 0.25) is 0 Å². The summed E-state index contributed by atoms with van der Waals surface area (Å²) in [6, 6.07) is 12.5. The molecule has 1 fully saturated rings. The standard InChI is InChI=1S/C21H24FNO5/c22-16-6-5-12(21-20(27)19(26)18(25)17(11-24)28-21)7-15(16)10-23-8-13-3-1-2-4-14(13)9-23/h1-7,17-21,24-27H,8-11H2. The molecule has 5 atom stereocenters. The van der Waals surface area contributed by atoms with Gasteiger partial charge in [-0.05, 0) is 28.8 Å². The molecule has 0 amide bonds. The fourth-order valence-electron chi connectivity index (χ4n) is 4.03. The summed E-state index contributed by atoms with van der Waals surface area (Å²) in [5, 5.41) is 39.6. The first-order valence-corrected chi connectivity index (χ1v) is 9.36. The van der Waals surface area contributed by atoms with Gasteiger partial charge < -0.3 is 25.2 Å². The molecule has 6 nitrogen and oxygen atoms in total. The van der Waals surface area contributed by atoms with Gasteiger partial charge in [-0.15, -0.1) is 0 Å². The quantitative estimate of drug-likeness (QED) is 0.620. The van der Waals surface area contributed by atoms with Crippen LogP contribution in [0.3, 0.4) is 0 Å². The first-order chi connectivity index (χ1) is 13.5. The van der Waals surface area contributed by atoms with E-state index in [1.165, 1.54) is 23.3 Å². The zero-order chi connectivity index (χ0) is 19.8. The van der Waals surface area contributed by atoms with Crippen molar-refractivity contribution in [3.05, 3.63) is 70.5 Å². The first kappa shape index (κ1) is 19.4. The summed E-state index contributed by atoms with van der Waals surface area (Å²) >= 11 is 0. The van der Waals surface area contributed by atoms with E-state index in [9.17, 15) is 24.8 Å². The van der Waals surface area contributed by atoms with Crippen molar-refractivity contribution >= 4 is 0 Å². The molecule has 4 rings (SSSR count). The highest BCUT2D eigenvalue weighted by Crippen LogP contribution is 2.33. The lowest BCUT2D eigenvalue weighted by Gasteiger charge is -2.40. The molecule has 5 unspecified atom stereocenters. The Kier molecular flexibility index (Phi) is 5.46. The van der Waals surface area contributed by atoms with E-state index in [4.69, 9.17) is 4.74 Å². The molecule has 0 aliphatic carbocycles. The van der Waals surface area contributed by atoms with Gasteiger partial charge >= 0.3 is 0 Å². The molecule has 0 bridgehead atoms. The first-order valence-electron chi connectivity index (χ1n) is 9.36. The fourth-order valence-corrected chi connectivity index (χ4v) is 4.03. The van der Waals surface area contributed by atoms with Crippen molar-refractivity contribution in [2.24, 2.45) is 0 Å². The van der Waals surface area contributed by atoms with Crippen molar-refractivity contribution in [1.29, 1.82) is 0 Å². The van der Waals surface area contributed by atoms with Gasteiger partial charge in [-0.3, -0.25) is 4.90 Å². The number of fused-ring (bicyclic) bond motifs is 1. The van der Waals surface area contributed by atoms with E-state index in [2.05, 4.69) is 17.0 Å². The van der Waals surface area contributed by atoms with Crippen molar-refractivity contribution in [1.82, 2.24) is 4.90 Å². The Morgan fingerprint density at radius 2 is 1.64 bits per heavy atom. The average Bonchev–Trinajstić information content (AvgIpc) is 3.11. The van der Waals surface area contributed by atoms with Crippen molar-refractivity contribution in [3.63, 3.8) is 0 Å². The number of aliphatic hydroxyl groups excluding tert-OH is 4. The number of hydrogen-bond acceptors (Lipinski definition) is 6. The molecule has 2 aliphatic rings. The van der Waals surface area contributed by atoms with Gasteiger partial charge in [0.1, 0.15) is 36.3 Å². The number of hydrogen-bond donors (Lipinski definition) is 4. The molecule has 2 aromatic rings. The SMILES string of the molecule is OCC1OC(c2ccc(F)c(CN3Cc4ccccc4C3)c2)C(O)C(O)C1O. The summed E-state index contributed by atoms with van der Waals surface area (Å²) in [6.45, 7) is 1.37. The third-order valence-corrected chi connectivity index (χ3v) is 5.59. The van der Waals surface area contributed by atoms with Crippen LogP contribution in [0.5, 0.6) is 0 Å². The van der Waals surface area contributed by atoms with Crippen LogP contribution in [0.1, 0.15) is 28.4 Å². The van der Waals surface area contributed by atoms with Crippen LogP contribution in [0.15, 0.2) is 42.5 Å². The fraction of sp³-hybridized carbons (Fsp3) is 0.429. The number of aliphatic hydroxyl groups is 4. The van der Waals surface area contributed by atoms with Crippen LogP contribution >= 0.6 is 0 Å². The molecule has 1 saturated heterocycles. The number of rotatable bonds is 4. The minimum atomic E-state index is -1.46. The van der Waals surface area contributed by atoms with Crippen LogP contribution in [-0.4, -0.2) is 56.3 Å². The lowest BCUT2D eigenvalue weighted by molar-refractivity contribution is -0.231. The minimum Gasteiger partial charge on any atom is -0.394 e. The number of nitrogens with zero attached hydrogens (tertiary/aromatic N) is 1. The highest BCUT2D eigenvalue weighted by Gasteiger charge is 2.44. The molecule has 0 aromatic heterocycles. The highest BCUT2D eigenvalue weighted by molar-refractivity contribution is 5.32. The van der Waals surface area contributed by atoms with E-state index >= 15 is 0 Å². The monoisotopic (exact) mass is 389 g/mol. The minimum absolute atomic E-state index is 0.357. The third-order valence-electron chi connectivity index (χ3n) is 5.59. The Balaban J connectivity index is 1.54. The van der Waals surface area contributed by atoms with Crippen LogP contribution in [0.4, 0.5) is 4.39 Å². The number of halogens is 1. The van der Waals surface area contributed by atoms with Gasteiger partial charge in [-0.1, -0.05) is 30.3 Å². The zero-order valence-electron chi connectivity index (χ0n) is 15.3. The Hall–Kier alpha value is -1.87. The molecule has 2 aliphatic heterocycles. The molecule has 4 N–H and O–H groups in total. The molecule has 0 radical (unpaired) electrons. The molecule has 2 heterocycles. The van der Waals surface area contributed by atoms with E-state index in [0.717, 1.165) is 13.1 Å². The normalized spacial score (nSPS) is 30.4. The Morgan fingerprint density at radius 1 is 0.964 bits per heavy atom. The third kappa shape index (κ3) is 3.57. The van der Waals surface area contributed by atoms with Crippen LogP contribution in [0, 0.1) is 5.82 Å². The zero-order valence-corrected chi connectivity index (χ0v) is 15.3. The van der Waals surface area contributed by atoms with Crippen molar-refractivity contribution in [3.8, 4) is 0 Å². The number of ether oxygens (including phenoxy) is 1. The maximum Gasteiger partial charge on any atom is 0.127 e. The molecule has 7 heteroatoms. The summed E-state index contributed by atoms with van der Waals surface area (Å²) in [4.78, 5) is 2.13. The van der Waals surface area contributed by atoms with E-state index in [1.54, 1.807) is 6.07 Å². The van der Waals surface area contributed by atoms with Crippen molar-refractivity contribution in [2.45, 2.75) is 50.2 Å². The Labute approximate surface area is 162 Å². The lowest BCUT2D eigenvalue weighted by Crippen LogP contribution is -2.55. The second-order valence-corrected chi connectivity index (χ2v) is 7.51. The molecule has 2 aromatic carbocycles. The Morgan fingerprint density at radius 3 is 2.29 bits per heavy atom. The summed E-state index contributed by atoms with van der Waals surface area (Å²) < 4.78 is 20.0. The molecular weight excluding hydrogens is 365 g/mol. The Bertz CT molecular complexity index is 820. The number of benzene rings is 2. The largest absolute Gasteiger partial charge is 0.394 e. The lowest BCUT2D eigenvalue weighted by atomic mass is 9.90. The van der Waals surface area contributed by atoms with Crippen LogP contribution in [-0.2, 0) is 24.4 Å². The van der Waals surface area contributed by atoms with Crippen LogP contribution in [0.2, 0.25) is 0 Å². The highest BCUT2D eigenvalue weighted by atomic mass is 19.1. The average molecular weight is 389 g/mol. The molecule has 28 heavy (non-hydrogen) atoms. The van der Waals surface area contributed by atoms with Gasteiger partial charge in [-0.25, -0.2) is 4.39 Å². The van der Waals surface area contributed by atoms with E-state index in [0.29, 0.717) is 17.7 Å². The summed E-state index contributed by atoms with van der Waals surface area (Å²) in [5.41, 5.74) is 3.41.